The van der Waals surface area contributed by atoms with Crippen molar-refractivity contribution < 1.29 is 19.0 Å². The Hall–Kier alpha value is -3.00. The standard InChI is InChI=1S/C21H25FN4O3/c1-23-21(24-12-15-2-4-18(27)17(22)10-15)26-8-6-25(7-9-26)13-16-3-5-19-20(11-16)29-14-28-19/h2-5,10-11,27H,6-9,12-14H2,1H3,(H,23,24). The Morgan fingerprint density at radius 3 is 2.59 bits per heavy atom. The molecule has 154 valence electrons. The molecule has 0 bridgehead atoms. The van der Waals surface area contributed by atoms with E-state index in [1.165, 1.54) is 17.7 Å². The van der Waals surface area contributed by atoms with Crippen LogP contribution in [0.4, 0.5) is 4.39 Å². The number of halogens is 1. The molecule has 0 unspecified atom stereocenters. The number of guanidine groups is 1. The molecule has 1 fully saturated rings. The first-order valence-corrected chi connectivity index (χ1v) is 9.66. The molecule has 29 heavy (non-hydrogen) atoms. The summed E-state index contributed by atoms with van der Waals surface area (Å²) in [7, 11) is 1.75. The van der Waals surface area contributed by atoms with Crippen molar-refractivity contribution in [3.05, 3.63) is 53.3 Å². The average molecular weight is 400 g/mol. The van der Waals surface area contributed by atoms with Crippen LogP contribution in [0.1, 0.15) is 11.1 Å². The maximum absolute atomic E-state index is 13.5. The molecule has 0 spiro atoms. The van der Waals surface area contributed by atoms with E-state index in [0.29, 0.717) is 13.3 Å². The summed E-state index contributed by atoms with van der Waals surface area (Å²) in [6.07, 6.45) is 0. The molecule has 0 radical (unpaired) electrons. The van der Waals surface area contributed by atoms with Crippen molar-refractivity contribution in [1.29, 1.82) is 0 Å². The molecule has 7 nitrogen and oxygen atoms in total. The van der Waals surface area contributed by atoms with Gasteiger partial charge in [0.1, 0.15) is 0 Å². The lowest BCUT2D eigenvalue weighted by Crippen LogP contribution is -2.52. The van der Waals surface area contributed by atoms with Gasteiger partial charge in [-0.2, -0.15) is 0 Å². The summed E-state index contributed by atoms with van der Waals surface area (Å²) in [6.45, 7) is 5.15. The molecule has 0 aliphatic carbocycles. The number of nitrogens with one attached hydrogen (secondary N) is 1. The second-order valence-corrected chi connectivity index (χ2v) is 7.14. The Morgan fingerprint density at radius 1 is 1.07 bits per heavy atom. The van der Waals surface area contributed by atoms with Crippen molar-refractivity contribution in [1.82, 2.24) is 15.1 Å². The van der Waals surface area contributed by atoms with Crippen LogP contribution in [0.15, 0.2) is 41.4 Å². The average Bonchev–Trinajstić information content (AvgIpc) is 3.20. The van der Waals surface area contributed by atoms with Crippen LogP contribution in [-0.4, -0.2) is 60.9 Å². The van der Waals surface area contributed by atoms with Gasteiger partial charge >= 0.3 is 0 Å². The molecule has 2 heterocycles. The third kappa shape index (κ3) is 4.54. The van der Waals surface area contributed by atoms with Crippen LogP contribution in [0, 0.1) is 5.82 Å². The number of aliphatic imine (C=N–C) groups is 1. The molecule has 2 aliphatic rings. The van der Waals surface area contributed by atoms with Gasteiger partial charge < -0.3 is 24.8 Å². The fraction of sp³-hybridized carbons (Fsp3) is 0.381. The zero-order valence-corrected chi connectivity index (χ0v) is 16.4. The van der Waals surface area contributed by atoms with Gasteiger partial charge in [-0.3, -0.25) is 9.89 Å². The van der Waals surface area contributed by atoms with Gasteiger partial charge in [-0.05, 0) is 35.4 Å². The molecule has 0 atom stereocenters. The minimum Gasteiger partial charge on any atom is -0.505 e. The van der Waals surface area contributed by atoms with Gasteiger partial charge in [0.2, 0.25) is 6.79 Å². The first-order chi connectivity index (χ1) is 14.1. The second-order valence-electron chi connectivity index (χ2n) is 7.14. The lowest BCUT2D eigenvalue weighted by molar-refractivity contribution is 0.171. The van der Waals surface area contributed by atoms with Gasteiger partial charge in [0.15, 0.2) is 29.0 Å². The number of aromatic hydroxyl groups is 1. The Morgan fingerprint density at radius 2 is 1.83 bits per heavy atom. The predicted molar refractivity (Wildman–Crippen MR) is 108 cm³/mol. The molecule has 0 amide bonds. The zero-order valence-electron chi connectivity index (χ0n) is 16.4. The van der Waals surface area contributed by atoms with Gasteiger partial charge in [0.05, 0.1) is 0 Å². The van der Waals surface area contributed by atoms with Crippen molar-refractivity contribution in [3.8, 4) is 17.2 Å². The van der Waals surface area contributed by atoms with E-state index in [1.807, 2.05) is 12.1 Å². The van der Waals surface area contributed by atoms with Gasteiger partial charge in [0.25, 0.3) is 0 Å². The normalized spacial score (nSPS) is 16.9. The number of benzene rings is 2. The van der Waals surface area contributed by atoms with E-state index in [0.717, 1.165) is 55.7 Å². The van der Waals surface area contributed by atoms with Crippen LogP contribution in [0.25, 0.3) is 0 Å². The summed E-state index contributed by atoms with van der Waals surface area (Å²) in [5, 5.41) is 12.6. The molecule has 2 aromatic rings. The number of phenolic OH excluding ortho intramolecular Hbond substituents is 1. The van der Waals surface area contributed by atoms with Crippen molar-refractivity contribution >= 4 is 5.96 Å². The highest BCUT2D eigenvalue weighted by molar-refractivity contribution is 5.80. The third-order valence-electron chi connectivity index (χ3n) is 5.19. The molecule has 8 heteroatoms. The summed E-state index contributed by atoms with van der Waals surface area (Å²) in [4.78, 5) is 8.96. The van der Waals surface area contributed by atoms with Crippen molar-refractivity contribution in [2.45, 2.75) is 13.1 Å². The molecule has 2 aliphatic heterocycles. The molecule has 0 aromatic heterocycles. The van der Waals surface area contributed by atoms with Crippen LogP contribution in [0.2, 0.25) is 0 Å². The van der Waals surface area contributed by atoms with Crippen molar-refractivity contribution in [2.75, 3.05) is 40.0 Å². The maximum atomic E-state index is 13.5. The highest BCUT2D eigenvalue weighted by atomic mass is 19.1. The lowest BCUT2D eigenvalue weighted by atomic mass is 10.1. The Balaban J connectivity index is 1.28. The van der Waals surface area contributed by atoms with Gasteiger partial charge in [-0.15, -0.1) is 0 Å². The van der Waals surface area contributed by atoms with Gasteiger partial charge in [0, 0.05) is 46.3 Å². The smallest absolute Gasteiger partial charge is 0.231 e. The largest absolute Gasteiger partial charge is 0.505 e. The van der Waals surface area contributed by atoms with Crippen molar-refractivity contribution in [2.24, 2.45) is 4.99 Å². The van der Waals surface area contributed by atoms with E-state index in [-0.39, 0.29) is 5.75 Å². The number of fused-ring (bicyclic) bond motifs is 1. The second kappa shape index (κ2) is 8.57. The number of ether oxygens (including phenoxy) is 2. The van der Waals surface area contributed by atoms with Gasteiger partial charge in [-0.1, -0.05) is 12.1 Å². The molecule has 2 aromatic carbocycles. The van der Waals surface area contributed by atoms with Crippen LogP contribution >= 0.6 is 0 Å². The van der Waals surface area contributed by atoms with E-state index in [4.69, 9.17) is 9.47 Å². The summed E-state index contributed by atoms with van der Waals surface area (Å²) in [6, 6.07) is 10.5. The number of hydrogen-bond acceptors (Lipinski definition) is 5. The summed E-state index contributed by atoms with van der Waals surface area (Å²) in [5.74, 6) is 1.47. The summed E-state index contributed by atoms with van der Waals surface area (Å²) in [5.41, 5.74) is 1.96. The van der Waals surface area contributed by atoms with E-state index >= 15 is 0 Å². The molecular formula is C21H25FN4O3. The van der Waals surface area contributed by atoms with Crippen LogP contribution in [0.5, 0.6) is 17.2 Å². The first-order valence-electron chi connectivity index (χ1n) is 9.66. The predicted octanol–water partition coefficient (Wildman–Crippen LogP) is 2.15. The fourth-order valence-corrected chi connectivity index (χ4v) is 3.59. The van der Waals surface area contributed by atoms with Crippen molar-refractivity contribution in [3.63, 3.8) is 0 Å². The SMILES string of the molecule is CN=C(NCc1ccc(O)c(F)c1)N1CCN(Cc2ccc3c(c2)OCO3)CC1. The number of phenols is 1. The summed E-state index contributed by atoms with van der Waals surface area (Å²) < 4.78 is 24.3. The minimum absolute atomic E-state index is 0.292. The Bertz CT molecular complexity index is 897. The highest BCUT2D eigenvalue weighted by Crippen LogP contribution is 2.32. The zero-order chi connectivity index (χ0) is 20.2. The van der Waals surface area contributed by atoms with Gasteiger partial charge in [-0.25, -0.2) is 4.39 Å². The Kier molecular flexibility index (Phi) is 5.71. The van der Waals surface area contributed by atoms with E-state index in [1.54, 1.807) is 13.1 Å². The van der Waals surface area contributed by atoms with Crippen LogP contribution < -0.4 is 14.8 Å². The number of nitrogens with zero attached hydrogens (tertiary/aromatic N) is 3. The highest BCUT2D eigenvalue weighted by Gasteiger charge is 2.21. The topological polar surface area (TPSA) is 69.6 Å². The number of hydrogen-bond donors (Lipinski definition) is 2. The molecule has 2 N–H and O–H groups in total. The number of piperazine rings is 1. The quantitative estimate of drug-likeness (QED) is 0.606. The molecule has 1 saturated heterocycles. The van der Waals surface area contributed by atoms with E-state index in [9.17, 15) is 9.50 Å². The molecular weight excluding hydrogens is 375 g/mol. The number of rotatable bonds is 4. The van der Waals surface area contributed by atoms with E-state index < -0.39 is 5.82 Å². The molecule has 4 rings (SSSR count). The minimum atomic E-state index is -0.614. The maximum Gasteiger partial charge on any atom is 0.231 e. The Labute approximate surface area is 169 Å². The first kappa shape index (κ1) is 19.3. The summed E-state index contributed by atoms with van der Waals surface area (Å²) >= 11 is 0. The fourth-order valence-electron chi connectivity index (χ4n) is 3.59. The van der Waals surface area contributed by atoms with Crippen LogP contribution in [-0.2, 0) is 13.1 Å². The lowest BCUT2D eigenvalue weighted by Gasteiger charge is -2.36. The third-order valence-corrected chi connectivity index (χ3v) is 5.19. The van der Waals surface area contributed by atoms with E-state index in [2.05, 4.69) is 26.2 Å². The molecule has 0 saturated carbocycles. The monoisotopic (exact) mass is 400 g/mol. The van der Waals surface area contributed by atoms with Crippen LogP contribution in [0.3, 0.4) is 0 Å².